The molecule has 0 unspecified atom stereocenters. The summed E-state index contributed by atoms with van der Waals surface area (Å²) in [7, 11) is 3.75. The summed E-state index contributed by atoms with van der Waals surface area (Å²) in [6.07, 6.45) is 0. The van der Waals surface area contributed by atoms with Crippen molar-refractivity contribution in [2.45, 2.75) is 13.1 Å². The van der Waals surface area contributed by atoms with Crippen LogP contribution in [0.1, 0.15) is 11.1 Å². The Hall–Kier alpha value is -1.04. The summed E-state index contributed by atoms with van der Waals surface area (Å²) in [6, 6.07) is 8.14. The van der Waals surface area contributed by atoms with Gasteiger partial charge in [0.2, 0.25) is 0 Å². The van der Waals surface area contributed by atoms with E-state index in [0.717, 1.165) is 27.3 Å². The van der Waals surface area contributed by atoms with Crippen LogP contribution in [0.15, 0.2) is 33.4 Å². The highest BCUT2D eigenvalue weighted by Gasteiger charge is 2.09. The number of methoxy groups -OCH3 is 1. The number of benzene rings is 1. The molecule has 0 radical (unpaired) electrons. The van der Waals surface area contributed by atoms with Gasteiger partial charge in [0.1, 0.15) is 5.75 Å². The molecule has 0 atom stereocenters. The molecule has 3 nitrogen and oxygen atoms in total. The van der Waals surface area contributed by atoms with Crippen molar-refractivity contribution < 1.29 is 4.74 Å². The van der Waals surface area contributed by atoms with E-state index in [1.54, 1.807) is 18.4 Å². The lowest BCUT2D eigenvalue weighted by Gasteiger charge is -2.22. The Labute approximate surface area is 126 Å². The highest BCUT2D eigenvalue weighted by molar-refractivity contribution is 9.11. The zero-order chi connectivity index (χ0) is 13.8. The van der Waals surface area contributed by atoms with E-state index >= 15 is 0 Å². The van der Waals surface area contributed by atoms with Crippen molar-refractivity contribution in [1.29, 1.82) is 0 Å². The lowest BCUT2D eigenvalue weighted by Crippen LogP contribution is -2.18. The van der Waals surface area contributed by atoms with Crippen LogP contribution in [0.25, 0.3) is 0 Å². The van der Waals surface area contributed by atoms with Crippen LogP contribution in [0, 0.1) is 0 Å². The number of thiophene rings is 1. The molecular formula is C14H17BrN2OS. The molecule has 0 fully saturated rings. The summed E-state index contributed by atoms with van der Waals surface area (Å²) >= 11 is 5.19. The van der Waals surface area contributed by atoms with Crippen LogP contribution in [0.2, 0.25) is 0 Å². The molecule has 19 heavy (non-hydrogen) atoms. The molecular weight excluding hydrogens is 324 g/mol. The molecule has 2 rings (SSSR count). The maximum absolute atomic E-state index is 5.80. The molecule has 1 aromatic heterocycles. The smallest absolute Gasteiger partial charge is 0.120 e. The summed E-state index contributed by atoms with van der Waals surface area (Å²) in [6.45, 7) is 1.37. The van der Waals surface area contributed by atoms with E-state index in [9.17, 15) is 0 Å². The predicted octanol–water partition coefficient (Wildman–Crippen LogP) is 3.61. The van der Waals surface area contributed by atoms with Crippen molar-refractivity contribution in [2.75, 3.05) is 19.1 Å². The quantitative estimate of drug-likeness (QED) is 0.903. The van der Waals surface area contributed by atoms with Crippen LogP contribution < -0.4 is 15.4 Å². The molecule has 1 aromatic carbocycles. The summed E-state index contributed by atoms with van der Waals surface area (Å²) in [5.74, 6) is 0.852. The average Bonchev–Trinajstić information content (AvgIpc) is 2.83. The summed E-state index contributed by atoms with van der Waals surface area (Å²) in [4.78, 5) is 2.19. The molecule has 0 aliphatic heterocycles. The molecule has 0 saturated carbocycles. The SMILES string of the molecule is COc1ccc(CN)c(N(C)Cc2csc(Br)c2)c1. The summed E-state index contributed by atoms with van der Waals surface area (Å²) < 4.78 is 6.44. The molecule has 2 aromatic rings. The summed E-state index contributed by atoms with van der Waals surface area (Å²) in [5, 5.41) is 2.16. The lowest BCUT2D eigenvalue weighted by atomic mass is 10.1. The minimum absolute atomic E-state index is 0.525. The van der Waals surface area contributed by atoms with Crippen molar-refractivity contribution in [2.24, 2.45) is 5.73 Å². The molecule has 5 heteroatoms. The molecule has 0 aliphatic rings. The zero-order valence-electron chi connectivity index (χ0n) is 11.0. The Morgan fingerprint density at radius 3 is 2.74 bits per heavy atom. The molecule has 0 aliphatic carbocycles. The van der Waals surface area contributed by atoms with Gasteiger partial charge in [0.25, 0.3) is 0 Å². The standard InChI is InChI=1S/C14H17BrN2OS/c1-17(8-10-5-14(15)19-9-10)13-6-12(18-2)4-3-11(13)7-16/h3-6,9H,7-8,16H2,1-2H3. The number of hydrogen-bond donors (Lipinski definition) is 1. The van der Waals surface area contributed by atoms with Gasteiger partial charge in [-0.25, -0.2) is 0 Å². The van der Waals surface area contributed by atoms with E-state index < -0.39 is 0 Å². The van der Waals surface area contributed by atoms with Crippen LogP contribution in [0.3, 0.4) is 0 Å². The third-order valence-corrected chi connectivity index (χ3v) is 4.52. The fourth-order valence-corrected chi connectivity index (χ4v) is 3.19. The maximum atomic E-state index is 5.80. The molecule has 0 saturated heterocycles. The van der Waals surface area contributed by atoms with Gasteiger partial charge in [0, 0.05) is 31.9 Å². The second-order valence-corrected chi connectivity index (χ2v) is 6.60. The second kappa shape index (κ2) is 6.41. The Morgan fingerprint density at radius 2 is 2.16 bits per heavy atom. The van der Waals surface area contributed by atoms with Gasteiger partial charge in [-0.2, -0.15) is 0 Å². The fourth-order valence-electron chi connectivity index (χ4n) is 1.99. The first kappa shape index (κ1) is 14.4. The van der Waals surface area contributed by atoms with Crippen LogP contribution in [0.4, 0.5) is 5.69 Å². The number of halogens is 1. The normalized spacial score (nSPS) is 10.5. The Balaban J connectivity index is 2.23. The number of ether oxygens (including phenoxy) is 1. The van der Waals surface area contributed by atoms with Gasteiger partial charge < -0.3 is 15.4 Å². The van der Waals surface area contributed by atoms with Crippen molar-refractivity contribution in [1.82, 2.24) is 0 Å². The Morgan fingerprint density at radius 1 is 1.37 bits per heavy atom. The third-order valence-electron chi connectivity index (χ3n) is 2.97. The van der Waals surface area contributed by atoms with Crippen LogP contribution >= 0.6 is 27.3 Å². The van der Waals surface area contributed by atoms with E-state index in [-0.39, 0.29) is 0 Å². The molecule has 0 spiro atoms. The van der Waals surface area contributed by atoms with Crippen molar-refractivity contribution >= 4 is 33.0 Å². The zero-order valence-corrected chi connectivity index (χ0v) is 13.4. The first-order valence-corrected chi connectivity index (χ1v) is 7.62. The maximum Gasteiger partial charge on any atom is 0.120 e. The number of anilines is 1. The summed E-state index contributed by atoms with van der Waals surface area (Å²) in [5.41, 5.74) is 9.32. The minimum atomic E-state index is 0.525. The van der Waals surface area contributed by atoms with Crippen LogP contribution in [-0.4, -0.2) is 14.2 Å². The predicted molar refractivity (Wildman–Crippen MR) is 85.0 cm³/mol. The number of nitrogens with two attached hydrogens (primary N) is 1. The second-order valence-electron chi connectivity index (χ2n) is 4.31. The molecule has 102 valence electrons. The van der Waals surface area contributed by atoms with Gasteiger partial charge in [0.15, 0.2) is 0 Å². The van der Waals surface area contributed by atoms with Gasteiger partial charge in [-0.3, -0.25) is 0 Å². The van der Waals surface area contributed by atoms with E-state index in [1.165, 1.54) is 5.56 Å². The third kappa shape index (κ3) is 3.49. The Kier molecular flexibility index (Phi) is 4.85. The van der Waals surface area contributed by atoms with Crippen molar-refractivity contribution in [3.05, 3.63) is 44.6 Å². The molecule has 0 bridgehead atoms. The molecule has 1 heterocycles. The van der Waals surface area contributed by atoms with E-state index in [1.807, 2.05) is 18.2 Å². The highest BCUT2D eigenvalue weighted by Crippen LogP contribution is 2.28. The first-order valence-electron chi connectivity index (χ1n) is 5.95. The van der Waals surface area contributed by atoms with Gasteiger partial charge in [-0.1, -0.05) is 6.07 Å². The number of rotatable bonds is 5. The molecule has 0 amide bonds. The largest absolute Gasteiger partial charge is 0.497 e. The molecule has 2 N–H and O–H groups in total. The van der Waals surface area contributed by atoms with E-state index in [0.29, 0.717) is 6.54 Å². The first-order chi connectivity index (χ1) is 9.13. The fraction of sp³-hybridized carbons (Fsp3) is 0.286. The van der Waals surface area contributed by atoms with E-state index in [2.05, 4.69) is 39.3 Å². The van der Waals surface area contributed by atoms with Gasteiger partial charge in [-0.05, 0) is 44.6 Å². The van der Waals surface area contributed by atoms with Gasteiger partial charge >= 0.3 is 0 Å². The Bertz CT molecular complexity index is 556. The van der Waals surface area contributed by atoms with Crippen LogP contribution in [-0.2, 0) is 13.1 Å². The van der Waals surface area contributed by atoms with Gasteiger partial charge in [-0.15, -0.1) is 11.3 Å². The topological polar surface area (TPSA) is 38.5 Å². The van der Waals surface area contributed by atoms with Crippen molar-refractivity contribution in [3.8, 4) is 5.75 Å². The van der Waals surface area contributed by atoms with E-state index in [4.69, 9.17) is 10.5 Å². The van der Waals surface area contributed by atoms with Crippen LogP contribution in [0.5, 0.6) is 5.75 Å². The lowest BCUT2D eigenvalue weighted by molar-refractivity contribution is 0.414. The average molecular weight is 341 g/mol. The monoisotopic (exact) mass is 340 g/mol. The van der Waals surface area contributed by atoms with Crippen molar-refractivity contribution in [3.63, 3.8) is 0 Å². The highest BCUT2D eigenvalue weighted by atomic mass is 79.9. The number of nitrogens with zero attached hydrogens (tertiary/aromatic N) is 1. The van der Waals surface area contributed by atoms with Gasteiger partial charge in [0.05, 0.1) is 10.9 Å². The number of hydrogen-bond acceptors (Lipinski definition) is 4. The minimum Gasteiger partial charge on any atom is -0.497 e.